The van der Waals surface area contributed by atoms with Gasteiger partial charge in [0.1, 0.15) is 17.0 Å². The van der Waals surface area contributed by atoms with E-state index in [1.54, 1.807) is 21.9 Å². The number of fused-ring (bicyclic) bond motifs is 2. The third-order valence-corrected chi connectivity index (χ3v) is 8.32. The number of aromatic nitrogens is 3. The molecule has 8 heteroatoms. The summed E-state index contributed by atoms with van der Waals surface area (Å²) in [6.07, 6.45) is 5.36. The van der Waals surface area contributed by atoms with Gasteiger partial charge in [0, 0.05) is 18.8 Å². The maximum atomic E-state index is 13.8. The molecule has 0 radical (unpaired) electrons. The molecule has 2 amide bonds. The Balaban J connectivity index is 1.23. The van der Waals surface area contributed by atoms with Crippen molar-refractivity contribution >= 4 is 28.8 Å². The predicted octanol–water partition coefficient (Wildman–Crippen LogP) is 4.42. The number of nitrogens with zero attached hydrogens (tertiary/aromatic N) is 4. The van der Waals surface area contributed by atoms with Gasteiger partial charge >= 0.3 is 0 Å². The molecule has 2 fully saturated rings. The van der Waals surface area contributed by atoms with Gasteiger partial charge < -0.3 is 10.2 Å². The Labute approximate surface area is 207 Å². The normalized spacial score (nSPS) is 20.8. The molecule has 3 aromatic heterocycles. The van der Waals surface area contributed by atoms with Crippen LogP contribution in [0.4, 0.5) is 0 Å². The summed E-state index contributed by atoms with van der Waals surface area (Å²) in [5.74, 6) is 0.306. The second-order valence-corrected chi connectivity index (χ2v) is 10.9. The van der Waals surface area contributed by atoms with Crippen LogP contribution in [-0.4, -0.2) is 49.7 Å². The lowest BCUT2D eigenvalue weighted by Gasteiger charge is -2.27. The number of carbonyl (C=O) groups is 2. The summed E-state index contributed by atoms with van der Waals surface area (Å²) >= 11 is 1.56. The Morgan fingerprint density at radius 1 is 1.11 bits per heavy atom. The van der Waals surface area contributed by atoms with Crippen molar-refractivity contribution < 1.29 is 9.59 Å². The first-order valence-corrected chi connectivity index (χ1v) is 12.8. The molecule has 35 heavy (non-hydrogen) atoms. The summed E-state index contributed by atoms with van der Waals surface area (Å²) in [5.41, 5.74) is 5.21. The molecule has 0 bridgehead atoms. The Hall–Kier alpha value is -3.52. The first kappa shape index (κ1) is 22.0. The van der Waals surface area contributed by atoms with E-state index >= 15 is 0 Å². The number of likely N-dealkylation sites (tertiary alicyclic amines) is 1. The van der Waals surface area contributed by atoms with E-state index < -0.39 is 0 Å². The molecule has 1 aliphatic heterocycles. The number of rotatable bonds is 5. The summed E-state index contributed by atoms with van der Waals surface area (Å²) in [6.45, 7) is 6.54. The average Bonchev–Trinajstić information content (AvgIpc) is 3.19. The van der Waals surface area contributed by atoms with Gasteiger partial charge in [-0.25, -0.2) is 9.97 Å². The standard InChI is InChI=1S/C27H27N5O2S/c1-15-7-8-18(10-16(15)2)25-24(30-17(3)35-25)27(34)32-20(11-19-12-21(19)32)13-29-26(33)22-14-28-23-6-4-5-9-31(22)23/h4-10,14,19-21H,11-13H2,1-3H3,(H,29,33)/t19-,20+,21+/m1/s1. The number of amides is 2. The summed E-state index contributed by atoms with van der Waals surface area (Å²) in [6, 6.07) is 12.1. The van der Waals surface area contributed by atoms with Crippen LogP contribution in [0.1, 0.15) is 50.0 Å². The Kier molecular flexibility index (Phi) is 5.21. The van der Waals surface area contributed by atoms with Crippen LogP contribution >= 0.6 is 11.3 Å². The number of imidazole rings is 1. The van der Waals surface area contributed by atoms with Gasteiger partial charge in [-0.1, -0.05) is 24.3 Å². The van der Waals surface area contributed by atoms with E-state index in [-0.39, 0.29) is 23.9 Å². The molecule has 4 aromatic rings. The van der Waals surface area contributed by atoms with Crippen molar-refractivity contribution in [1.29, 1.82) is 0 Å². The zero-order valence-corrected chi connectivity index (χ0v) is 20.8. The van der Waals surface area contributed by atoms with E-state index in [1.807, 2.05) is 36.2 Å². The highest BCUT2D eigenvalue weighted by molar-refractivity contribution is 7.15. The van der Waals surface area contributed by atoms with Crippen LogP contribution in [0.5, 0.6) is 0 Å². The van der Waals surface area contributed by atoms with E-state index in [4.69, 9.17) is 0 Å². The van der Waals surface area contributed by atoms with Crippen LogP contribution in [0, 0.1) is 26.7 Å². The second-order valence-electron chi connectivity index (χ2n) is 9.66. The lowest BCUT2D eigenvalue weighted by molar-refractivity contribution is 0.0684. The molecule has 1 aliphatic carbocycles. The van der Waals surface area contributed by atoms with Crippen molar-refractivity contribution in [3.8, 4) is 10.4 Å². The van der Waals surface area contributed by atoms with Crippen LogP contribution in [0.2, 0.25) is 0 Å². The molecule has 1 saturated heterocycles. The van der Waals surface area contributed by atoms with Gasteiger partial charge in [-0.05, 0) is 68.4 Å². The minimum absolute atomic E-state index is 0.0263. The van der Waals surface area contributed by atoms with Crippen LogP contribution < -0.4 is 5.32 Å². The number of hydrogen-bond donors (Lipinski definition) is 1. The van der Waals surface area contributed by atoms with Gasteiger partial charge in [0.15, 0.2) is 0 Å². The van der Waals surface area contributed by atoms with Gasteiger partial charge in [0.2, 0.25) is 0 Å². The van der Waals surface area contributed by atoms with Crippen LogP contribution in [0.25, 0.3) is 16.1 Å². The molecule has 3 atom stereocenters. The van der Waals surface area contributed by atoms with E-state index in [2.05, 4.69) is 47.3 Å². The van der Waals surface area contributed by atoms with Crippen LogP contribution in [0.15, 0.2) is 48.8 Å². The number of piperidine rings is 1. The minimum Gasteiger partial charge on any atom is -0.349 e. The van der Waals surface area contributed by atoms with E-state index in [1.165, 1.54) is 11.1 Å². The fraction of sp³-hybridized carbons (Fsp3) is 0.333. The fourth-order valence-corrected chi connectivity index (χ4v) is 6.14. The molecule has 0 unspecified atom stereocenters. The SMILES string of the molecule is Cc1nc(C(=O)N2[C@H](CNC(=O)c3cnc4ccccn34)C[C@@H]3C[C@@H]32)c(-c2ccc(C)c(C)c2)s1. The van der Waals surface area contributed by atoms with Crippen molar-refractivity contribution in [2.45, 2.75) is 45.7 Å². The highest BCUT2D eigenvalue weighted by atomic mass is 32.1. The molecule has 2 aliphatic rings. The molecular weight excluding hydrogens is 458 g/mol. The third kappa shape index (κ3) is 3.82. The van der Waals surface area contributed by atoms with Gasteiger partial charge in [-0.15, -0.1) is 11.3 Å². The van der Waals surface area contributed by atoms with Gasteiger partial charge in [0.25, 0.3) is 11.8 Å². The number of benzene rings is 1. The fourth-order valence-electron chi connectivity index (χ4n) is 5.23. The van der Waals surface area contributed by atoms with Gasteiger partial charge in [-0.2, -0.15) is 0 Å². The van der Waals surface area contributed by atoms with Crippen molar-refractivity contribution in [3.63, 3.8) is 0 Å². The Bertz CT molecular complexity index is 1470. The van der Waals surface area contributed by atoms with Gasteiger partial charge in [-0.3, -0.25) is 14.0 Å². The summed E-state index contributed by atoms with van der Waals surface area (Å²) in [7, 11) is 0. The lowest BCUT2D eigenvalue weighted by Crippen LogP contribution is -2.45. The van der Waals surface area contributed by atoms with E-state index in [0.29, 0.717) is 23.9 Å². The topological polar surface area (TPSA) is 79.6 Å². The summed E-state index contributed by atoms with van der Waals surface area (Å²) in [5, 5.41) is 3.93. The number of hydrogen-bond acceptors (Lipinski definition) is 5. The largest absolute Gasteiger partial charge is 0.349 e. The summed E-state index contributed by atoms with van der Waals surface area (Å²) in [4.78, 5) is 38.7. The van der Waals surface area contributed by atoms with Crippen molar-refractivity contribution in [2.24, 2.45) is 5.92 Å². The zero-order valence-electron chi connectivity index (χ0n) is 20.0. The molecule has 1 N–H and O–H groups in total. The lowest BCUT2D eigenvalue weighted by atomic mass is 10.0. The molecule has 7 nitrogen and oxygen atoms in total. The maximum Gasteiger partial charge on any atom is 0.274 e. The minimum atomic E-state index is -0.183. The highest BCUT2D eigenvalue weighted by Gasteiger charge is 2.54. The molecule has 1 aromatic carbocycles. The molecule has 6 rings (SSSR count). The van der Waals surface area contributed by atoms with E-state index in [9.17, 15) is 9.59 Å². The van der Waals surface area contributed by atoms with Gasteiger partial charge in [0.05, 0.1) is 22.1 Å². The number of carbonyl (C=O) groups excluding carboxylic acids is 2. The molecule has 4 heterocycles. The number of aryl methyl sites for hydroxylation is 3. The van der Waals surface area contributed by atoms with Crippen molar-refractivity contribution in [1.82, 2.24) is 24.6 Å². The Morgan fingerprint density at radius 2 is 1.97 bits per heavy atom. The molecule has 1 saturated carbocycles. The smallest absolute Gasteiger partial charge is 0.274 e. The van der Waals surface area contributed by atoms with Crippen molar-refractivity contribution in [2.75, 3.05) is 6.54 Å². The third-order valence-electron chi connectivity index (χ3n) is 7.30. The molecule has 0 spiro atoms. The zero-order chi connectivity index (χ0) is 24.3. The average molecular weight is 486 g/mol. The first-order valence-electron chi connectivity index (χ1n) is 12.0. The quantitative estimate of drug-likeness (QED) is 0.454. The maximum absolute atomic E-state index is 13.8. The second kappa shape index (κ2) is 8.30. The van der Waals surface area contributed by atoms with Crippen LogP contribution in [-0.2, 0) is 0 Å². The highest BCUT2D eigenvalue weighted by Crippen LogP contribution is 2.48. The number of pyridine rings is 1. The number of thiazole rings is 1. The molecule has 178 valence electrons. The first-order chi connectivity index (χ1) is 16.9. The predicted molar refractivity (Wildman–Crippen MR) is 136 cm³/mol. The van der Waals surface area contributed by atoms with E-state index in [0.717, 1.165) is 33.9 Å². The van der Waals surface area contributed by atoms with Crippen LogP contribution in [0.3, 0.4) is 0 Å². The Morgan fingerprint density at radius 3 is 2.80 bits per heavy atom. The van der Waals surface area contributed by atoms with Crippen molar-refractivity contribution in [3.05, 3.63) is 76.3 Å². The molecular formula is C27H27N5O2S. The summed E-state index contributed by atoms with van der Waals surface area (Å²) < 4.78 is 1.78. The number of nitrogens with one attached hydrogen (secondary N) is 1. The monoisotopic (exact) mass is 485 g/mol.